The lowest BCUT2D eigenvalue weighted by Crippen LogP contribution is -2.19. The lowest BCUT2D eigenvalue weighted by molar-refractivity contribution is 0.340. The normalized spacial score (nSPS) is 12.5. The minimum absolute atomic E-state index is 0.207. The summed E-state index contributed by atoms with van der Waals surface area (Å²) in [5, 5.41) is 0. The summed E-state index contributed by atoms with van der Waals surface area (Å²) in [6.45, 7) is 4.67. The standard InChI is InChI=1S/C28H29FO3/c1-5-28(3,22-10-12-24(13-11-22)31-6-2)19-7-8-21-9-18-26(29)27(20-21)32-25-16-14-23(30-4)15-17-25/h1,9-18,20H,6-8,19H2,2-4H3. The van der Waals surface area contributed by atoms with Crippen LogP contribution in [-0.4, -0.2) is 13.7 Å². The molecule has 3 nitrogen and oxygen atoms in total. The SMILES string of the molecule is C#CC(C)(CCCc1ccc(F)c(Oc2ccc(OC)cc2)c1)c1ccc(OCC)cc1. The first-order chi connectivity index (χ1) is 15.5. The number of hydrogen-bond acceptors (Lipinski definition) is 3. The summed E-state index contributed by atoms with van der Waals surface area (Å²) in [6, 6.07) is 20.0. The lowest BCUT2D eigenvalue weighted by atomic mass is 9.78. The topological polar surface area (TPSA) is 27.7 Å². The van der Waals surface area contributed by atoms with Crippen LogP contribution in [0.1, 0.15) is 37.8 Å². The van der Waals surface area contributed by atoms with E-state index in [2.05, 4.69) is 12.8 Å². The third kappa shape index (κ3) is 5.82. The molecule has 3 aromatic carbocycles. The predicted octanol–water partition coefficient (Wildman–Crippen LogP) is 6.94. The molecule has 0 aromatic heterocycles. The molecule has 0 saturated carbocycles. The van der Waals surface area contributed by atoms with Gasteiger partial charge in [0.25, 0.3) is 0 Å². The summed E-state index contributed by atoms with van der Waals surface area (Å²) in [4.78, 5) is 0. The van der Waals surface area contributed by atoms with Crippen LogP contribution >= 0.6 is 0 Å². The van der Waals surface area contributed by atoms with Crippen LogP contribution in [0.5, 0.6) is 23.0 Å². The second kappa shape index (κ2) is 10.7. The molecule has 0 aliphatic rings. The number of ether oxygens (including phenoxy) is 3. The van der Waals surface area contributed by atoms with E-state index in [0.717, 1.165) is 41.9 Å². The number of methoxy groups -OCH3 is 1. The van der Waals surface area contributed by atoms with Gasteiger partial charge in [0.05, 0.1) is 19.1 Å². The summed E-state index contributed by atoms with van der Waals surface area (Å²) in [6.07, 6.45) is 8.35. The number of terminal acetylenes is 1. The van der Waals surface area contributed by atoms with Gasteiger partial charge in [-0.2, -0.15) is 0 Å². The second-order valence-electron chi connectivity index (χ2n) is 7.83. The predicted molar refractivity (Wildman–Crippen MR) is 126 cm³/mol. The number of aryl methyl sites for hydroxylation is 1. The van der Waals surface area contributed by atoms with E-state index in [1.807, 2.05) is 31.2 Å². The van der Waals surface area contributed by atoms with Gasteiger partial charge in [-0.25, -0.2) is 4.39 Å². The van der Waals surface area contributed by atoms with E-state index in [-0.39, 0.29) is 11.2 Å². The fraction of sp³-hybridized carbons (Fsp3) is 0.286. The molecule has 0 N–H and O–H groups in total. The monoisotopic (exact) mass is 432 g/mol. The fourth-order valence-corrected chi connectivity index (χ4v) is 3.58. The summed E-state index contributed by atoms with van der Waals surface area (Å²) in [5.41, 5.74) is 1.71. The van der Waals surface area contributed by atoms with Crippen molar-refractivity contribution >= 4 is 0 Å². The van der Waals surface area contributed by atoms with Crippen molar-refractivity contribution in [3.8, 4) is 35.3 Å². The highest BCUT2D eigenvalue weighted by molar-refractivity contribution is 5.39. The maximum atomic E-state index is 14.3. The van der Waals surface area contributed by atoms with Crippen molar-refractivity contribution in [3.05, 3.63) is 83.7 Å². The minimum atomic E-state index is -0.396. The van der Waals surface area contributed by atoms with Gasteiger partial charge >= 0.3 is 0 Å². The van der Waals surface area contributed by atoms with E-state index in [4.69, 9.17) is 20.6 Å². The van der Waals surface area contributed by atoms with Crippen LogP contribution in [0.2, 0.25) is 0 Å². The number of hydrogen-bond donors (Lipinski definition) is 0. The largest absolute Gasteiger partial charge is 0.497 e. The average molecular weight is 433 g/mol. The molecule has 0 saturated heterocycles. The third-order valence-electron chi connectivity index (χ3n) is 5.55. The molecule has 0 bridgehead atoms. The van der Waals surface area contributed by atoms with Gasteiger partial charge in [0.1, 0.15) is 17.2 Å². The van der Waals surface area contributed by atoms with Crippen molar-refractivity contribution in [2.75, 3.05) is 13.7 Å². The van der Waals surface area contributed by atoms with Crippen molar-refractivity contribution in [1.82, 2.24) is 0 Å². The molecule has 0 amide bonds. The zero-order chi connectivity index (χ0) is 23.0. The molecule has 0 fully saturated rings. The summed E-state index contributed by atoms with van der Waals surface area (Å²) >= 11 is 0. The van der Waals surface area contributed by atoms with Crippen LogP contribution in [0, 0.1) is 18.2 Å². The molecular weight excluding hydrogens is 403 g/mol. The Bertz CT molecular complexity index is 1050. The molecular formula is C28H29FO3. The van der Waals surface area contributed by atoms with E-state index in [0.29, 0.717) is 12.4 Å². The smallest absolute Gasteiger partial charge is 0.165 e. The fourth-order valence-electron chi connectivity index (χ4n) is 3.58. The van der Waals surface area contributed by atoms with Crippen molar-refractivity contribution < 1.29 is 18.6 Å². The zero-order valence-corrected chi connectivity index (χ0v) is 18.9. The number of rotatable bonds is 10. The Labute approximate surface area is 190 Å². The molecule has 3 aromatic rings. The molecule has 1 unspecified atom stereocenters. The van der Waals surface area contributed by atoms with Gasteiger partial charge < -0.3 is 14.2 Å². The highest BCUT2D eigenvalue weighted by Gasteiger charge is 2.23. The molecule has 0 heterocycles. The Morgan fingerprint density at radius 3 is 2.22 bits per heavy atom. The van der Waals surface area contributed by atoms with Gasteiger partial charge in [-0.1, -0.05) is 24.1 Å². The quantitative estimate of drug-likeness (QED) is 0.325. The minimum Gasteiger partial charge on any atom is -0.497 e. The molecule has 4 heteroatoms. The summed E-state index contributed by atoms with van der Waals surface area (Å²) in [5.74, 6) is 4.88. The van der Waals surface area contributed by atoms with Gasteiger partial charge in [0, 0.05) is 0 Å². The van der Waals surface area contributed by atoms with E-state index in [1.165, 1.54) is 6.07 Å². The van der Waals surface area contributed by atoms with E-state index in [9.17, 15) is 4.39 Å². The Hall–Kier alpha value is -3.45. The van der Waals surface area contributed by atoms with Crippen molar-refractivity contribution in [1.29, 1.82) is 0 Å². The molecule has 32 heavy (non-hydrogen) atoms. The summed E-state index contributed by atoms with van der Waals surface area (Å²) < 4.78 is 30.7. The lowest BCUT2D eigenvalue weighted by Gasteiger charge is -2.24. The van der Waals surface area contributed by atoms with Crippen LogP contribution < -0.4 is 14.2 Å². The maximum absolute atomic E-state index is 14.3. The molecule has 3 rings (SSSR count). The first-order valence-electron chi connectivity index (χ1n) is 10.8. The van der Waals surface area contributed by atoms with Gasteiger partial charge in [-0.3, -0.25) is 0 Å². The maximum Gasteiger partial charge on any atom is 0.165 e. The van der Waals surface area contributed by atoms with Gasteiger partial charge in [-0.05, 0) is 92.8 Å². The first kappa shape index (κ1) is 23.2. The van der Waals surface area contributed by atoms with Crippen LogP contribution in [0.25, 0.3) is 0 Å². The Balaban J connectivity index is 1.64. The first-order valence-corrected chi connectivity index (χ1v) is 10.8. The number of halogens is 1. The molecule has 0 aliphatic heterocycles. The second-order valence-corrected chi connectivity index (χ2v) is 7.83. The van der Waals surface area contributed by atoms with E-state index >= 15 is 0 Å². The van der Waals surface area contributed by atoms with E-state index in [1.54, 1.807) is 43.5 Å². The molecule has 166 valence electrons. The molecule has 0 aliphatic carbocycles. The Morgan fingerprint density at radius 1 is 0.938 bits per heavy atom. The Kier molecular flexibility index (Phi) is 7.78. The molecule has 1 atom stereocenters. The zero-order valence-electron chi connectivity index (χ0n) is 18.9. The summed E-state index contributed by atoms with van der Waals surface area (Å²) in [7, 11) is 1.60. The average Bonchev–Trinajstić information content (AvgIpc) is 2.82. The Morgan fingerprint density at radius 2 is 1.59 bits per heavy atom. The highest BCUT2D eigenvalue weighted by atomic mass is 19.1. The third-order valence-corrected chi connectivity index (χ3v) is 5.55. The van der Waals surface area contributed by atoms with Crippen LogP contribution in [0.4, 0.5) is 4.39 Å². The van der Waals surface area contributed by atoms with Crippen LogP contribution in [-0.2, 0) is 11.8 Å². The van der Waals surface area contributed by atoms with Crippen molar-refractivity contribution in [2.45, 2.75) is 38.5 Å². The molecule has 0 spiro atoms. The van der Waals surface area contributed by atoms with Crippen molar-refractivity contribution in [2.24, 2.45) is 0 Å². The van der Waals surface area contributed by atoms with Gasteiger partial charge in [0.2, 0.25) is 0 Å². The highest BCUT2D eigenvalue weighted by Crippen LogP contribution is 2.32. The van der Waals surface area contributed by atoms with Crippen LogP contribution in [0.15, 0.2) is 66.7 Å². The van der Waals surface area contributed by atoms with Gasteiger partial charge in [-0.15, -0.1) is 6.42 Å². The van der Waals surface area contributed by atoms with E-state index < -0.39 is 5.82 Å². The van der Waals surface area contributed by atoms with Gasteiger partial charge in [0.15, 0.2) is 11.6 Å². The van der Waals surface area contributed by atoms with Crippen molar-refractivity contribution in [3.63, 3.8) is 0 Å². The number of benzene rings is 3. The molecule has 0 radical (unpaired) electrons. The van der Waals surface area contributed by atoms with Crippen LogP contribution in [0.3, 0.4) is 0 Å².